The van der Waals surface area contributed by atoms with E-state index in [0.29, 0.717) is 18.2 Å². The molecular formula is C10H13ClN2O2. The number of rotatable bonds is 4. The van der Waals surface area contributed by atoms with E-state index in [-0.39, 0.29) is 5.97 Å². The van der Waals surface area contributed by atoms with Crippen molar-refractivity contribution in [2.24, 2.45) is 0 Å². The molecule has 1 heterocycles. The van der Waals surface area contributed by atoms with Crippen molar-refractivity contribution in [1.82, 2.24) is 9.78 Å². The summed E-state index contributed by atoms with van der Waals surface area (Å²) in [6.07, 6.45) is 4.65. The summed E-state index contributed by atoms with van der Waals surface area (Å²) in [5.41, 5.74) is 0.880. The number of carbonyl (C=O) groups is 1. The summed E-state index contributed by atoms with van der Waals surface area (Å²) >= 11 is 5.82. The number of allylic oxidation sites excluding steroid dienone is 1. The predicted molar refractivity (Wildman–Crippen MR) is 57.7 cm³/mol. The molecule has 0 aliphatic heterocycles. The van der Waals surface area contributed by atoms with Gasteiger partial charge in [0.05, 0.1) is 30.1 Å². The van der Waals surface area contributed by atoms with E-state index in [4.69, 9.17) is 16.3 Å². The van der Waals surface area contributed by atoms with Crippen LogP contribution in [0.3, 0.4) is 0 Å². The second kappa shape index (κ2) is 5.56. The van der Waals surface area contributed by atoms with Crippen molar-refractivity contribution >= 4 is 17.6 Å². The Morgan fingerprint density at radius 1 is 1.73 bits per heavy atom. The van der Waals surface area contributed by atoms with E-state index >= 15 is 0 Å². The van der Waals surface area contributed by atoms with Crippen LogP contribution in [0.25, 0.3) is 0 Å². The molecule has 15 heavy (non-hydrogen) atoms. The van der Waals surface area contributed by atoms with Gasteiger partial charge in [0.1, 0.15) is 0 Å². The van der Waals surface area contributed by atoms with E-state index in [1.54, 1.807) is 23.9 Å². The van der Waals surface area contributed by atoms with Crippen molar-refractivity contribution in [2.75, 3.05) is 6.61 Å². The Kier molecular flexibility index (Phi) is 4.37. The monoisotopic (exact) mass is 228 g/mol. The van der Waals surface area contributed by atoms with Crippen LogP contribution in [-0.2, 0) is 16.1 Å². The van der Waals surface area contributed by atoms with Crippen LogP contribution in [0.4, 0.5) is 0 Å². The highest BCUT2D eigenvalue weighted by atomic mass is 35.5. The molecule has 0 fully saturated rings. The molecular weight excluding hydrogens is 216 g/mol. The first kappa shape index (κ1) is 11.8. The van der Waals surface area contributed by atoms with Crippen molar-refractivity contribution in [3.63, 3.8) is 0 Å². The molecule has 4 nitrogen and oxygen atoms in total. The van der Waals surface area contributed by atoms with Crippen molar-refractivity contribution < 1.29 is 9.53 Å². The largest absolute Gasteiger partial charge is 0.463 e. The van der Waals surface area contributed by atoms with Crippen LogP contribution < -0.4 is 0 Å². The summed E-state index contributed by atoms with van der Waals surface area (Å²) in [7, 11) is 0. The van der Waals surface area contributed by atoms with Gasteiger partial charge < -0.3 is 4.74 Å². The molecule has 0 saturated heterocycles. The molecule has 5 heteroatoms. The lowest BCUT2D eigenvalue weighted by molar-refractivity contribution is -0.137. The SMILES string of the molecule is CCOC(=O)/C=C/Cn1ncc(Cl)c1C. The zero-order valence-corrected chi connectivity index (χ0v) is 9.49. The van der Waals surface area contributed by atoms with Crippen molar-refractivity contribution in [2.45, 2.75) is 20.4 Å². The normalized spacial score (nSPS) is 10.9. The molecule has 0 amide bonds. The standard InChI is InChI=1S/C10H13ClN2O2/c1-3-15-10(14)5-4-6-13-8(2)9(11)7-12-13/h4-5,7H,3,6H2,1-2H3/b5-4+. The molecule has 0 aromatic carbocycles. The van der Waals surface area contributed by atoms with E-state index in [0.717, 1.165) is 5.69 Å². The molecule has 0 atom stereocenters. The first-order valence-electron chi connectivity index (χ1n) is 4.66. The molecule has 0 saturated carbocycles. The Morgan fingerprint density at radius 2 is 2.47 bits per heavy atom. The molecule has 82 valence electrons. The van der Waals surface area contributed by atoms with Gasteiger partial charge in [-0.05, 0) is 13.8 Å². The van der Waals surface area contributed by atoms with Crippen LogP contribution in [0.1, 0.15) is 12.6 Å². The van der Waals surface area contributed by atoms with Gasteiger partial charge in [-0.1, -0.05) is 17.7 Å². The van der Waals surface area contributed by atoms with Crippen molar-refractivity contribution in [3.8, 4) is 0 Å². The number of hydrogen-bond donors (Lipinski definition) is 0. The van der Waals surface area contributed by atoms with Gasteiger partial charge in [-0.3, -0.25) is 4.68 Å². The van der Waals surface area contributed by atoms with Crippen LogP contribution in [0.15, 0.2) is 18.3 Å². The number of carbonyl (C=O) groups excluding carboxylic acids is 1. The quantitative estimate of drug-likeness (QED) is 0.585. The number of esters is 1. The fourth-order valence-electron chi connectivity index (χ4n) is 1.05. The van der Waals surface area contributed by atoms with Crippen LogP contribution in [0.5, 0.6) is 0 Å². The van der Waals surface area contributed by atoms with E-state index in [1.165, 1.54) is 6.08 Å². The molecule has 1 aromatic rings. The third kappa shape index (κ3) is 3.40. The highest BCUT2D eigenvalue weighted by Crippen LogP contribution is 2.12. The second-order valence-corrected chi connectivity index (χ2v) is 3.32. The highest BCUT2D eigenvalue weighted by molar-refractivity contribution is 6.31. The van der Waals surface area contributed by atoms with E-state index in [2.05, 4.69) is 5.10 Å². The minimum atomic E-state index is -0.339. The zero-order valence-electron chi connectivity index (χ0n) is 8.74. The van der Waals surface area contributed by atoms with Gasteiger partial charge in [-0.25, -0.2) is 4.79 Å². The van der Waals surface area contributed by atoms with E-state index in [9.17, 15) is 4.79 Å². The smallest absolute Gasteiger partial charge is 0.330 e. The van der Waals surface area contributed by atoms with Crippen LogP contribution >= 0.6 is 11.6 Å². The molecule has 0 N–H and O–H groups in total. The number of halogens is 1. The third-order valence-electron chi connectivity index (χ3n) is 1.86. The lowest BCUT2D eigenvalue weighted by Crippen LogP contribution is -2.02. The maximum Gasteiger partial charge on any atom is 0.330 e. The highest BCUT2D eigenvalue weighted by Gasteiger charge is 2.01. The number of aromatic nitrogens is 2. The minimum Gasteiger partial charge on any atom is -0.463 e. The molecule has 1 rings (SSSR count). The fraction of sp³-hybridized carbons (Fsp3) is 0.400. The molecule has 1 aromatic heterocycles. The Bertz CT molecular complexity index is 371. The van der Waals surface area contributed by atoms with Crippen LogP contribution in [0, 0.1) is 6.92 Å². The molecule has 0 unspecified atom stereocenters. The summed E-state index contributed by atoms with van der Waals surface area (Å²) < 4.78 is 6.44. The molecule has 0 aliphatic rings. The average molecular weight is 229 g/mol. The predicted octanol–water partition coefficient (Wildman–Crippen LogP) is 1.96. The van der Waals surface area contributed by atoms with Crippen molar-refractivity contribution in [3.05, 3.63) is 29.1 Å². The Balaban J connectivity index is 2.50. The van der Waals surface area contributed by atoms with E-state index < -0.39 is 0 Å². The summed E-state index contributed by atoms with van der Waals surface area (Å²) in [6, 6.07) is 0. The molecule has 0 bridgehead atoms. The van der Waals surface area contributed by atoms with Gasteiger partial charge in [-0.15, -0.1) is 0 Å². The topological polar surface area (TPSA) is 44.1 Å². The molecule has 0 radical (unpaired) electrons. The van der Waals surface area contributed by atoms with Gasteiger partial charge in [0.15, 0.2) is 0 Å². The summed E-state index contributed by atoms with van der Waals surface area (Å²) in [5, 5.41) is 4.66. The Hall–Kier alpha value is -1.29. The zero-order chi connectivity index (χ0) is 11.3. The lowest BCUT2D eigenvalue weighted by atomic mass is 10.4. The van der Waals surface area contributed by atoms with Gasteiger partial charge in [-0.2, -0.15) is 5.10 Å². The number of hydrogen-bond acceptors (Lipinski definition) is 3. The van der Waals surface area contributed by atoms with Crippen LogP contribution in [-0.4, -0.2) is 22.4 Å². The van der Waals surface area contributed by atoms with Gasteiger partial charge in [0.25, 0.3) is 0 Å². The third-order valence-corrected chi connectivity index (χ3v) is 2.23. The average Bonchev–Trinajstić information content (AvgIpc) is 2.50. The Morgan fingerprint density at radius 3 is 3.00 bits per heavy atom. The number of ether oxygens (including phenoxy) is 1. The molecule has 0 aliphatic carbocycles. The first-order chi connectivity index (χ1) is 7.15. The van der Waals surface area contributed by atoms with Crippen LogP contribution in [0.2, 0.25) is 5.02 Å². The van der Waals surface area contributed by atoms with Gasteiger partial charge in [0.2, 0.25) is 0 Å². The second-order valence-electron chi connectivity index (χ2n) is 2.91. The maximum atomic E-state index is 11.0. The lowest BCUT2D eigenvalue weighted by Gasteiger charge is -1.99. The van der Waals surface area contributed by atoms with Gasteiger partial charge in [0, 0.05) is 6.08 Å². The fourth-order valence-corrected chi connectivity index (χ4v) is 1.19. The Labute approximate surface area is 93.5 Å². The summed E-state index contributed by atoms with van der Waals surface area (Å²) in [6.45, 7) is 4.53. The molecule has 0 spiro atoms. The van der Waals surface area contributed by atoms with Gasteiger partial charge >= 0.3 is 5.97 Å². The summed E-state index contributed by atoms with van der Waals surface area (Å²) in [4.78, 5) is 11.0. The maximum absolute atomic E-state index is 11.0. The minimum absolute atomic E-state index is 0.339. The van der Waals surface area contributed by atoms with Crippen molar-refractivity contribution in [1.29, 1.82) is 0 Å². The van der Waals surface area contributed by atoms with E-state index in [1.807, 2.05) is 6.92 Å². The summed E-state index contributed by atoms with van der Waals surface area (Å²) in [5.74, 6) is -0.339. The first-order valence-corrected chi connectivity index (χ1v) is 5.04. The number of nitrogens with zero attached hydrogens (tertiary/aromatic N) is 2.